The summed E-state index contributed by atoms with van der Waals surface area (Å²) in [7, 11) is 0. The Labute approximate surface area is 259 Å². The Morgan fingerprint density at radius 1 is 0.643 bits per heavy atom. The SMILES string of the molecule is Cc1[c-]c(-c2ccccn2)cc(C)c1C.[Ir].[c-]1ccccc1-c1ncc2ccc3cc(-c4ccccn4)ccc3c2n1. The number of hydrogen-bond acceptors (Lipinski definition) is 4. The Hall–Kier alpha value is -4.57. The van der Waals surface area contributed by atoms with Crippen LogP contribution in [0.2, 0.25) is 0 Å². The van der Waals surface area contributed by atoms with E-state index in [1.807, 2.05) is 79.3 Å². The van der Waals surface area contributed by atoms with Gasteiger partial charge in [-0.1, -0.05) is 63.2 Å². The summed E-state index contributed by atoms with van der Waals surface area (Å²) >= 11 is 0. The fourth-order valence-corrected chi connectivity index (χ4v) is 4.79. The third kappa shape index (κ3) is 6.18. The van der Waals surface area contributed by atoms with Crippen LogP contribution in [0.5, 0.6) is 0 Å². The number of nitrogens with zero attached hydrogens (tertiary/aromatic N) is 4. The number of benzene rings is 4. The van der Waals surface area contributed by atoms with Crippen LogP contribution in [0, 0.1) is 32.9 Å². The normalized spacial score (nSPS) is 10.5. The van der Waals surface area contributed by atoms with Gasteiger partial charge in [-0.25, -0.2) is 0 Å². The average Bonchev–Trinajstić information content (AvgIpc) is 3.04. The van der Waals surface area contributed by atoms with Gasteiger partial charge in [0, 0.05) is 55.0 Å². The van der Waals surface area contributed by atoms with Crippen LogP contribution < -0.4 is 0 Å². The first-order valence-electron chi connectivity index (χ1n) is 13.6. The van der Waals surface area contributed by atoms with Crippen LogP contribution in [0.3, 0.4) is 0 Å². The molecule has 42 heavy (non-hydrogen) atoms. The van der Waals surface area contributed by atoms with Gasteiger partial charge in [-0.05, 0) is 35.3 Å². The molecule has 0 aliphatic heterocycles. The zero-order valence-electron chi connectivity index (χ0n) is 23.6. The first-order valence-corrected chi connectivity index (χ1v) is 13.6. The van der Waals surface area contributed by atoms with Gasteiger partial charge in [0.15, 0.2) is 0 Å². The Morgan fingerprint density at radius 3 is 2.07 bits per heavy atom. The van der Waals surface area contributed by atoms with Crippen molar-refractivity contribution in [2.45, 2.75) is 20.8 Å². The zero-order valence-corrected chi connectivity index (χ0v) is 26.0. The molecule has 7 rings (SSSR count). The van der Waals surface area contributed by atoms with Crippen LogP contribution in [0.4, 0.5) is 0 Å². The molecule has 0 amide bonds. The van der Waals surface area contributed by atoms with Crippen molar-refractivity contribution >= 4 is 21.7 Å². The van der Waals surface area contributed by atoms with Gasteiger partial charge in [-0.3, -0.25) is 15.0 Å². The van der Waals surface area contributed by atoms with Gasteiger partial charge >= 0.3 is 0 Å². The van der Waals surface area contributed by atoms with E-state index in [2.05, 4.69) is 84.3 Å². The van der Waals surface area contributed by atoms with E-state index < -0.39 is 0 Å². The van der Waals surface area contributed by atoms with E-state index in [4.69, 9.17) is 4.98 Å². The first-order chi connectivity index (χ1) is 20.1. The number of aryl methyl sites for hydroxylation is 2. The van der Waals surface area contributed by atoms with Gasteiger partial charge in [0.1, 0.15) is 0 Å². The monoisotopic (exact) mass is 721 g/mol. The molecule has 0 spiro atoms. The van der Waals surface area contributed by atoms with E-state index in [1.54, 1.807) is 0 Å². The van der Waals surface area contributed by atoms with Gasteiger partial charge in [-0.15, -0.1) is 70.3 Å². The number of pyridine rings is 2. The first kappa shape index (κ1) is 28.9. The fourth-order valence-electron chi connectivity index (χ4n) is 4.79. The summed E-state index contributed by atoms with van der Waals surface area (Å²) < 4.78 is 0. The summed E-state index contributed by atoms with van der Waals surface area (Å²) in [4.78, 5) is 18.1. The summed E-state index contributed by atoms with van der Waals surface area (Å²) in [5, 5.41) is 3.28. The predicted octanol–water partition coefficient (Wildman–Crippen LogP) is 8.78. The maximum absolute atomic E-state index is 4.82. The molecule has 1 radical (unpaired) electrons. The summed E-state index contributed by atoms with van der Waals surface area (Å²) in [5.74, 6) is 0.694. The molecule has 3 heterocycles. The molecule has 0 aliphatic carbocycles. The molecule has 0 saturated carbocycles. The molecule has 0 unspecified atom stereocenters. The van der Waals surface area contributed by atoms with Crippen molar-refractivity contribution in [2.24, 2.45) is 0 Å². The molecule has 207 valence electrons. The summed E-state index contributed by atoms with van der Waals surface area (Å²) in [5.41, 5.74) is 9.81. The van der Waals surface area contributed by atoms with Gasteiger partial charge in [0.05, 0.1) is 17.0 Å². The van der Waals surface area contributed by atoms with Crippen LogP contribution in [0.15, 0.2) is 116 Å². The molecule has 4 aromatic carbocycles. The molecule has 4 nitrogen and oxygen atoms in total. The predicted molar refractivity (Wildman–Crippen MR) is 167 cm³/mol. The minimum atomic E-state index is 0. The van der Waals surface area contributed by atoms with Gasteiger partial charge < -0.3 is 4.98 Å². The second kappa shape index (κ2) is 12.9. The van der Waals surface area contributed by atoms with Crippen molar-refractivity contribution in [3.63, 3.8) is 0 Å². The number of aromatic nitrogens is 4. The Balaban J connectivity index is 0.000000189. The molecule has 0 fully saturated rings. The molecule has 3 aromatic heterocycles. The second-order valence-electron chi connectivity index (χ2n) is 9.96. The van der Waals surface area contributed by atoms with Crippen molar-refractivity contribution in [1.82, 2.24) is 19.9 Å². The van der Waals surface area contributed by atoms with Crippen LogP contribution in [-0.2, 0) is 20.1 Å². The minimum absolute atomic E-state index is 0. The van der Waals surface area contributed by atoms with Crippen LogP contribution in [0.25, 0.3) is 55.6 Å². The molecular weight excluding hydrogens is 693 g/mol. The van der Waals surface area contributed by atoms with Crippen LogP contribution in [-0.4, -0.2) is 19.9 Å². The molecule has 7 aromatic rings. The van der Waals surface area contributed by atoms with Gasteiger partial charge in [-0.2, -0.15) is 0 Å². The van der Waals surface area contributed by atoms with E-state index in [1.165, 1.54) is 16.7 Å². The van der Waals surface area contributed by atoms with Crippen LogP contribution >= 0.6 is 0 Å². The molecule has 0 N–H and O–H groups in total. The minimum Gasteiger partial charge on any atom is -0.305 e. The summed E-state index contributed by atoms with van der Waals surface area (Å²) in [6.45, 7) is 6.35. The van der Waals surface area contributed by atoms with Crippen molar-refractivity contribution < 1.29 is 20.1 Å². The van der Waals surface area contributed by atoms with Crippen molar-refractivity contribution in [3.8, 4) is 33.9 Å². The number of hydrogen-bond donors (Lipinski definition) is 0. The van der Waals surface area contributed by atoms with Crippen LogP contribution in [0.1, 0.15) is 16.7 Å². The number of fused-ring (bicyclic) bond motifs is 3. The molecule has 0 bridgehead atoms. The Morgan fingerprint density at radius 2 is 1.38 bits per heavy atom. The standard InChI is InChI=1S/C23H14N3.C14H14N.Ir/c1-2-6-16(7-3-1)23-25-15-19-10-9-17-14-18(21-8-4-5-13-24-21)11-12-20(17)22(19)26-23;1-10-8-13(9-11(2)12(10)3)14-6-4-5-7-15-14;/h1-6,8-15H;4-8H,1-3H3;/q2*-1;. The number of rotatable bonds is 3. The smallest absolute Gasteiger partial charge is 0.0756 e. The van der Waals surface area contributed by atoms with Crippen molar-refractivity contribution in [2.75, 3.05) is 0 Å². The quantitative estimate of drug-likeness (QED) is 0.135. The average molecular weight is 721 g/mol. The Kier molecular flexibility index (Phi) is 8.92. The molecule has 0 atom stereocenters. The summed E-state index contributed by atoms with van der Waals surface area (Å²) in [6, 6.07) is 38.9. The molecule has 0 aliphatic rings. The zero-order chi connectivity index (χ0) is 28.2. The molecular formula is C37H28IrN4-2. The van der Waals surface area contributed by atoms with Gasteiger partial charge in [0.2, 0.25) is 0 Å². The second-order valence-corrected chi connectivity index (χ2v) is 9.96. The van der Waals surface area contributed by atoms with E-state index in [9.17, 15) is 0 Å². The fraction of sp³-hybridized carbons (Fsp3) is 0.0811. The summed E-state index contributed by atoms with van der Waals surface area (Å²) in [6.07, 6.45) is 5.51. The van der Waals surface area contributed by atoms with E-state index in [0.29, 0.717) is 5.82 Å². The van der Waals surface area contributed by atoms with Crippen molar-refractivity contribution in [3.05, 3.63) is 144 Å². The van der Waals surface area contributed by atoms with Crippen molar-refractivity contribution in [1.29, 1.82) is 0 Å². The molecule has 0 saturated heterocycles. The maximum Gasteiger partial charge on any atom is 0.0756 e. The van der Waals surface area contributed by atoms with E-state index in [0.717, 1.165) is 49.8 Å². The topological polar surface area (TPSA) is 51.6 Å². The van der Waals surface area contributed by atoms with E-state index in [-0.39, 0.29) is 20.1 Å². The largest absolute Gasteiger partial charge is 0.305 e. The third-order valence-electron chi connectivity index (χ3n) is 7.25. The maximum atomic E-state index is 4.82. The van der Waals surface area contributed by atoms with Gasteiger partial charge in [0.25, 0.3) is 0 Å². The molecule has 5 heteroatoms. The Bertz CT molecular complexity index is 1930. The third-order valence-corrected chi connectivity index (χ3v) is 7.25. The van der Waals surface area contributed by atoms with E-state index >= 15 is 0 Å².